The van der Waals surface area contributed by atoms with E-state index < -0.39 is 0 Å². The molecule has 0 aromatic heterocycles. The van der Waals surface area contributed by atoms with E-state index in [1.807, 2.05) is 6.21 Å². The molecule has 0 aliphatic heterocycles. The number of nitrogens with two attached hydrogens (primary N) is 1. The van der Waals surface area contributed by atoms with Crippen LogP contribution in [0.15, 0.2) is 16.6 Å². The first kappa shape index (κ1) is 12.4. The van der Waals surface area contributed by atoms with Gasteiger partial charge in [-0.15, -0.1) is 0 Å². The Labute approximate surface area is 93.7 Å². The van der Waals surface area contributed by atoms with Crippen molar-refractivity contribution in [3.05, 3.63) is 11.6 Å². The van der Waals surface area contributed by atoms with E-state index in [1.54, 1.807) is 0 Å². The molecule has 0 radical (unpaired) electrons. The molecule has 86 valence electrons. The third-order valence-corrected chi connectivity index (χ3v) is 2.96. The monoisotopic (exact) mass is 208 g/mol. The maximum absolute atomic E-state index is 5.70. The van der Waals surface area contributed by atoms with Crippen LogP contribution in [0.2, 0.25) is 0 Å². The molecule has 0 aromatic carbocycles. The van der Waals surface area contributed by atoms with Gasteiger partial charge in [0.15, 0.2) is 0 Å². The minimum Gasteiger partial charge on any atom is -0.328 e. The molecule has 0 bridgehead atoms. The molecule has 0 saturated heterocycles. The Bertz CT molecular complexity index is 225. The van der Waals surface area contributed by atoms with E-state index in [9.17, 15) is 0 Å². The highest BCUT2D eigenvalue weighted by molar-refractivity contribution is 5.72. The lowest BCUT2D eigenvalue weighted by Gasteiger charge is -2.20. The van der Waals surface area contributed by atoms with Gasteiger partial charge >= 0.3 is 0 Å². The summed E-state index contributed by atoms with van der Waals surface area (Å²) in [5.41, 5.74) is 7.11. The summed E-state index contributed by atoms with van der Waals surface area (Å²) in [5.74, 6) is 0. The van der Waals surface area contributed by atoms with E-state index in [2.05, 4.69) is 24.9 Å². The van der Waals surface area contributed by atoms with Gasteiger partial charge in [-0.25, -0.2) is 0 Å². The van der Waals surface area contributed by atoms with E-state index >= 15 is 0 Å². The highest BCUT2D eigenvalue weighted by Crippen LogP contribution is 2.21. The summed E-state index contributed by atoms with van der Waals surface area (Å²) in [6.07, 6.45) is 11.5. The van der Waals surface area contributed by atoms with Gasteiger partial charge in [0.05, 0.1) is 0 Å². The Balaban J connectivity index is 2.11. The Morgan fingerprint density at radius 3 is 2.80 bits per heavy atom. The molecule has 2 heteroatoms. The largest absolute Gasteiger partial charge is 0.328 e. The SMILES string of the molecule is C/C(=C/C=NC1CCC1)CCCC(C)N. The van der Waals surface area contributed by atoms with Gasteiger partial charge in [0.2, 0.25) is 0 Å². The van der Waals surface area contributed by atoms with Crippen molar-refractivity contribution in [3.63, 3.8) is 0 Å². The fraction of sp³-hybridized carbons (Fsp3) is 0.769. The van der Waals surface area contributed by atoms with Gasteiger partial charge in [-0.3, -0.25) is 4.99 Å². The van der Waals surface area contributed by atoms with Gasteiger partial charge in [0.1, 0.15) is 0 Å². The number of hydrogen-bond donors (Lipinski definition) is 1. The summed E-state index contributed by atoms with van der Waals surface area (Å²) in [7, 11) is 0. The van der Waals surface area contributed by atoms with Crippen molar-refractivity contribution in [2.24, 2.45) is 10.7 Å². The first-order valence-electron chi connectivity index (χ1n) is 6.13. The normalized spacial score (nSPS) is 20.6. The highest BCUT2D eigenvalue weighted by Gasteiger charge is 2.14. The van der Waals surface area contributed by atoms with Crippen molar-refractivity contribution < 1.29 is 0 Å². The maximum atomic E-state index is 5.70. The maximum Gasteiger partial charge on any atom is 0.0499 e. The minimum absolute atomic E-state index is 0.335. The van der Waals surface area contributed by atoms with Crippen LogP contribution in [0.25, 0.3) is 0 Å². The molecule has 1 fully saturated rings. The van der Waals surface area contributed by atoms with Crippen LogP contribution in [0.3, 0.4) is 0 Å². The molecular weight excluding hydrogens is 184 g/mol. The van der Waals surface area contributed by atoms with Gasteiger partial charge < -0.3 is 5.73 Å². The van der Waals surface area contributed by atoms with Crippen molar-refractivity contribution >= 4 is 6.21 Å². The smallest absolute Gasteiger partial charge is 0.0499 e. The predicted molar refractivity (Wildman–Crippen MR) is 67.4 cm³/mol. The first-order chi connectivity index (χ1) is 7.18. The number of hydrogen-bond acceptors (Lipinski definition) is 2. The Morgan fingerprint density at radius 1 is 1.53 bits per heavy atom. The van der Waals surface area contributed by atoms with Crippen molar-refractivity contribution in [3.8, 4) is 0 Å². The summed E-state index contributed by atoms with van der Waals surface area (Å²) < 4.78 is 0. The van der Waals surface area contributed by atoms with E-state index in [-0.39, 0.29) is 0 Å². The molecule has 0 heterocycles. The number of rotatable bonds is 6. The summed E-state index contributed by atoms with van der Waals surface area (Å²) in [6.45, 7) is 4.24. The molecule has 2 N–H and O–H groups in total. The summed E-state index contributed by atoms with van der Waals surface area (Å²) >= 11 is 0. The van der Waals surface area contributed by atoms with Crippen molar-refractivity contribution in [2.75, 3.05) is 0 Å². The summed E-state index contributed by atoms with van der Waals surface area (Å²) in [4.78, 5) is 4.49. The van der Waals surface area contributed by atoms with E-state index in [4.69, 9.17) is 5.73 Å². The summed E-state index contributed by atoms with van der Waals surface area (Å²) in [6, 6.07) is 0.958. The fourth-order valence-electron chi connectivity index (χ4n) is 1.61. The molecule has 1 atom stereocenters. The number of aliphatic imine (C=N–C) groups is 1. The lowest BCUT2D eigenvalue weighted by Crippen LogP contribution is -2.14. The van der Waals surface area contributed by atoms with Gasteiger partial charge in [0, 0.05) is 18.3 Å². The second-order valence-electron chi connectivity index (χ2n) is 4.77. The molecular formula is C13H24N2. The molecule has 1 aliphatic rings. The van der Waals surface area contributed by atoms with Gasteiger partial charge in [-0.1, -0.05) is 5.57 Å². The first-order valence-corrected chi connectivity index (χ1v) is 6.13. The molecule has 1 saturated carbocycles. The van der Waals surface area contributed by atoms with Crippen LogP contribution in [-0.2, 0) is 0 Å². The zero-order valence-electron chi connectivity index (χ0n) is 10.1. The third kappa shape index (κ3) is 5.73. The lowest BCUT2D eigenvalue weighted by molar-refractivity contribution is 0.421. The molecule has 2 nitrogen and oxygen atoms in total. The average molecular weight is 208 g/mol. The van der Waals surface area contributed by atoms with Crippen molar-refractivity contribution in [1.29, 1.82) is 0 Å². The zero-order valence-corrected chi connectivity index (χ0v) is 10.1. The minimum atomic E-state index is 0.335. The van der Waals surface area contributed by atoms with Crippen LogP contribution in [0.5, 0.6) is 0 Å². The third-order valence-electron chi connectivity index (χ3n) is 2.96. The van der Waals surface area contributed by atoms with Gasteiger partial charge in [-0.05, 0) is 58.4 Å². The van der Waals surface area contributed by atoms with Crippen LogP contribution in [-0.4, -0.2) is 18.3 Å². The summed E-state index contributed by atoms with van der Waals surface area (Å²) in [5, 5.41) is 0. The van der Waals surface area contributed by atoms with Crippen LogP contribution in [0, 0.1) is 0 Å². The number of nitrogens with zero attached hydrogens (tertiary/aromatic N) is 1. The van der Waals surface area contributed by atoms with E-state index in [0.29, 0.717) is 12.1 Å². The van der Waals surface area contributed by atoms with Crippen molar-refractivity contribution in [1.82, 2.24) is 0 Å². The molecule has 1 aliphatic carbocycles. The van der Waals surface area contributed by atoms with Crippen LogP contribution < -0.4 is 5.73 Å². The molecule has 0 spiro atoms. The van der Waals surface area contributed by atoms with Crippen molar-refractivity contribution in [2.45, 2.75) is 64.5 Å². The quantitative estimate of drug-likeness (QED) is 0.669. The average Bonchev–Trinajstić information content (AvgIpc) is 2.08. The zero-order chi connectivity index (χ0) is 11.1. The second-order valence-corrected chi connectivity index (χ2v) is 4.77. The Hall–Kier alpha value is -0.630. The predicted octanol–water partition coefficient (Wildman–Crippen LogP) is 3.07. The van der Waals surface area contributed by atoms with Crippen LogP contribution in [0.1, 0.15) is 52.4 Å². The van der Waals surface area contributed by atoms with Crippen LogP contribution in [0.4, 0.5) is 0 Å². The van der Waals surface area contributed by atoms with E-state index in [0.717, 1.165) is 12.8 Å². The second kappa shape index (κ2) is 6.78. The van der Waals surface area contributed by atoms with Crippen LogP contribution >= 0.6 is 0 Å². The lowest BCUT2D eigenvalue weighted by atomic mass is 9.94. The van der Waals surface area contributed by atoms with Gasteiger partial charge in [-0.2, -0.15) is 0 Å². The van der Waals surface area contributed by atoms with E-state index in [1.165, 1.54) is 31.3 Å². The van der Waals surface area contributed by atoms with Gasteiger partial charge in [0.25, 0.3) is 0 Å². The Kier molecular flexibility index (Phi) is 5.62. The molecule has 0 aromatic rings. The molecule has 0 amide bonds. The standard InChI is InChI=1S/C13H24N2/c1-11(5-3-6-12(2)14)9-10-15-13-7-4-8-13/h9-10,12-13H,3-8,14H2,1-2H3/b11-9-,15-10?. The fourth-order valence-corrected chi connectivity index (χ4v) is 1.61. The topological polar surface area (TPSA) is 38.4 Å². The molecule has 1 rings (SSSR count). The number of allylic oxidation sites excluding steroid dienone is 2. The molecule has 1 unspecified atom stereocenters. The molecule has 15 heavy (non-hydrogen) atoms. The Morgan fingerprint density at radius 2 is 2.27 bits per heavy atom. The highest BCUT2D eigenvalue weighted by atomic mass is 14.8.